The molecule has 0 bridgehead atoms. The standard InChI is InChI=1S/C28H24FN5O4S/c1-2-38-25-12-22-24(11-21(25)17-10-19(15-32-14-17)39(29,36)37)34(18-5-7-31-8-6-18)28-26(27(22)35)20-4-3-16(13-30)9-23(20)33-28/h3-4,9-12,14-15,18,31,33H,2,5-8H2,1H3. The van der Waals surface area contributed by atoms with Crippen LogP contribution in [0.3, 0.4) is 0 Å². The summed E-state index contributed by atoms with van der Waals surface area (Å²) in [7, 11) is -4.98. The van der Waals surface area contributed by atoms with Crippen molar-refractivity contribution in [2.45, 2.75) is 30.7 Å². The number of pyridine rings is 2. The Balaban J connectivity index is 1.74. The summed E-state index contributed by atoms with van der Waals surface area (Å²) in [5.74, 6) is 0.361. The van der Waals surface area contributed by atoms with E-state index in [1.165, 1.54) is 12.3 Å². The topological polar surface area (TPSA) is 130 Å². The molecule has 0 atom stereocenters. The van der Waals surface area contributed by atoms with Gasteiger partial charge in [0.2, 0.25) is 0 Å². The molecule has 0 amide bonds. The number of halogens is 1. The van der Waals surface area contributed by atoms with Gasteiger partial charge in [-0.15, -0.1) is 3.89 Å². The summed E-state index contributed by atoms with van der Waals surface area (Å²) < 4.78 is 45.1. The second-order valence-corrected chi connectivity index (χ2v) is 10.9. The van der Waals surface area contributed by atoms with E-state index >= 15 is 0 Å². The SMILES string of the molecule is CCOc1cc2c(=O)c3c4ccc(C#N)cc4[nH]c3n(C3CCNCC3)c2cc1-c1cncc(S(=O)(=O)F)c1. The predicted octanol–water partition coefficient (Wildman–Crippen LogP) is 4.55. The Morgan fingerprint density at radius 1 is 1.15 bits per heavy atom. The van der Waals surface area contributed by atoms with Gasteiger partial charge in [-0.3, -0.25) is 9.78 Å². The van der Waals surface area contributed by atoms with Gasteiger partial charge in [0.25, 0.3) is 0 Å². The van der Waals surface area contributed by atoms with Crippen molar-refractivity contribution in [2.24, 2.45) is 0 Å². The number of fused-ring (bicyclic) bond motifs is 4. The van der Waals surface area contributed by atoms with Gasteiger partial charge >= 0.3 is 10.2 Å². The van der Waals surface area contributed by atoms with E-state index in [2.05, 4.69) is 25.9 Å². The highest BCUT2D eigenvalue weighted by Gasteiger charge is 2.25. The zero-order valence-corrected chi connectivity index (χ0v) is 21.8. The van der Waals surface area contributed by atoms with Crippen LogP contribution in [-0.2, 0) is 10.2 Å². The molecular formula is C28H24FN5O4S. The molecule has 6 rings (SSSR count). The lowest BCUT2D eigenvalue weighted by molar-refractivity contribution is 0.342. The predicted molar refractivity (Wildman–Crippen MR) is 146 cm³/mol. The van der Waals surface area contributed by atoms with Crippen molar-refractivity contribution in [3.63, 3.8) is 0 Å². The molecule has 0 aliphatic carbocycles. The van der Waals surface area contributed by atoms with Gasteiger partial charge in [-0.05, 0) is 63.2 Å². The lowest BCUT2D eigenvalue weighted by Crippen LogP contribution is -2.30. The summed E-state index contributed by atoms with van der Waals surface area (Å²) in [5.41, 5.74) is 3.11. The van der Waals surface area contributed by atoms with Crippen LogP contribution >= 0.6 is 0 Å². The molecule has 1 aliphatic rings. The maximum Gasteiger partial charge on any atom is 0.333 e. The van der Waals surface area contributed by atoms with E-state index in [1.807, 2.05) is 0 Å². The first-order valence-electron chi connectivity index (χ1n) is 12.6. The zero-order valence-electron chi connectivity index (χ0n) is 21.0. The lowest BCUT2D eigenvalue weighted by Gasteiger charge is -2.28. The number of nitrogens with one attached hydrogen (secondary N) is 2. The number of H-pyrrole nitrogens is 1. The van der Waals surface area contributed by atoms with Crippen molar-refractivity contribution in [2.75, 3.05) is 19.7 Å². The molecule has 2 N–H and O–H groups in total. The average Bonchev–Trinajstić information content (AvgIpc) is 3.32. The van der Waals surface area contributed by atoms with Gasteiger partial charge in [-0.2, -0.15) is 13.7 Å². The number of rotatable bonds is 5. The van der Waals surface area contributed by atoms with Gasteiger partial charge in [0.05, 0.1) is 34.5 Å². The van der Waals surface area contributed by atoms with Crippen LogP contribution < -0.4 is 15.5 Å². The van der Waals surface area contributed by atoms with E-state index in [0.717, 1.165) is 37.5 Å². The normalized spacial score (nSPS) is 14.7. The number of nitrogens with zero attached hydrogens (tertiary/aromatic N) is 3. The Morgan fingerprint density at radius 3 is 2.67 bits per heavy atom. The summed E-state index contributed by atoms with van der Waals surface area (Å²) >= 11 is 0. The number of benzene rings is 2. The molecule has 3 aromatic heterocycles. The number of aromatic nitrogens is 3. The van der Waals surface area contributed by atoms with Gasteiger partial charge in [-0.25, -0.2) is 0 Å². The van der Waals surface area contributed by atoms with Gasteiger partial charge in [0.15, 0.2) is 5.43 Å². The zero-order chi connectivity index (χ0) is 27.3. The first-order valence-corrected chi connectivity index (χ1v) is 14.0. The molecule has 11 heteroatoms. The number of hydrogen-bond acceptors (Lipinski definition) is 7. The van der Waals surface area contributed by atoms with E-state index in [9.17, 15) is 22.4 Å². The van der Waals surface area contributed by atoms with E-state index in [0.29, 0.717) is 56.5 Å². The van der Waals surface area contributed by atoms with Crippen LogP contribution in [0.1, 0.15) is 31.4 Å². The highest BCUT2D eigenvalue weighted by Crippen LogP contribution is 2.38. The highest BCUT2D eigenvalue weighted by atomic mass is 32.3. The fourth-order valence-corrected chi connectivity index (χ4v) is 5.97. The Kier molecular flexibility index (Phi) is 6.09. The van der Waals surface area contributed by atoms with E-state index < -0.39 is 15.1 Å². The van der Waals surface area contributed by atoms with Crippen molar-refractivity contribution in [1.29, 1.82) is 5.26 Å². The first-order chi connectivity index (χ1) is 18.8. The van der Waals surface area contributed by atoms with Crippen LogP contribution in [0.4, 0.5) is 3.89 Å². The van der Waals surface area contributed by atoms with Crippen molar-refractivity contribution in [3.05, 3.63) is 64.6 Å². The first kappa shape index (κ1) is 25.0. The summed E-state index contributed by atoms with van der Waals surface area (Å²) in [4.78, 5) is 20.8. The molecule has 0 spiro atoms. The molecular weight excluding hydrogens is 521 g/mol. The maximum absolute atomic E-state index is 14.0. The molecule has 0 radical (unpaired) electrons. The van der Waals surface area contributed by atoms with E-state index in [1.54, 1.807) is 37.3 Å². The van der Waals surface area contributed by atoms with Crippen LogP contribution in [-0.4, -0.2) is 42.6 Å². The minimum Gasteiger partial charge on any atom is -0.493 e. The van der Waals surface area contributed by atoms with E-state index in [4.69, 9.17) is 4.74 Å². The number of nitriles is 1. The van der Waals surface area contributed by atoms with Gasteiger partial charge in [0.1, 0.15) is 16.3 Å². The van der Waals surface area contributed by atoms with Crippen molar-refractivity contribution >= 4 is 43.1 Å². The Labute approximate surface area is 223 Å². The molecule has 4 heterocycles. The third-order valence-corrected chi connectivity index (χ3v) is 8.04. The monoisotopic (exact) mass is 545 g/mol. The fraction of sp³-hybridized carbons (Fsp3) is 0.250. The van der Waals surface area contributed by atoms with Crippen LogP contribution in [0, 0.1) is 11.3 Å². The number of ether oxygens (including phenoxy) is 1. The molecule has 1 fully saturated rings. The number of piperidine rings is 1. The van der Waals surface area contributed by atoms with Crippen LogP contribution in [0.5, 0.6) is 5.75 Å². The summed E-state index contributed by atoms with van der Waals surface area (Å²) in [5, 5.41) is 14.5. The van der Waals surface area contributed by atoms with Gasteiger partial charge in [-0.1, -0.05) is 6.07 Å². The lowest BCUT2D eigenvalue weighted by atomic mass is 9.99. The largest absolute Gasteiger partial charge is 0.493 e. The van der Waals surface area contributed by atoms with Crippen LogP contribution in [0.15, 0.2) is 58.5 Å². The molecule has 2 aromatic carbocycles. The van der Waals surface area contributed by atoms with E-state index in [-0.39, 0.29) is 11.5 Å². The molecule has 39 heavy (non-hydrogen) atoms. The number of aromatic amines is 1. The molecule has 0 unspecified atom stereocenters. The molecule has 5 aromatic rings. The average molecular weight is 546 g/mol. The van der Waals surface area contributed by atoms with Gasteiger partial charge < -0.3 is 19.6 Å². The third-order valence-electron chi connectivity index (χ3n) is 7.26. The quantitative estimate of drug-likeness (QED) is 0.310. The molecule has 1 aliphatic heterocycles. The highest BCUT2D eigenvalue weighted by molar-refractivity contribution is 7.86. The van der Waals surface area contributed by atoms with Crippen molar-refractivity contribution in [1.82, 2.24) is 19.9 Å². The number of hydrogen-bond donors (Lipinski definition) is 2. The summed E-state index contributed by atoms with van der Waals surface area (Å²) in [6, 6.07) is 12.1. The minimum absolute atomic E-state index is 0.0572. The second-order valence-electron chi connectivity index (χ2n) is 9.55. The summed E-state index contributed by atoms with van der Waals surface area (Å²) in [6.07, 6.45) is 4.04. The van der Waals surface area contributed by atoms with Crippen LogP contribution in [0.25, 0.3) is 44.0 Å². The Bertz CT molecular complexity index is 1990. The maximum atomic E-state index is 14.0. The Hall–Kier alpha value is -4.27. The molecule has 9 nitrogen and oxygen atoms in total. The molecule has 198 valence electrons. The minimum atomic E-state index is -4.98. The fourth-order valence-electron chi connectivity index (χ4n) is 5.51. The second kappa shape index (κ2) is 9.48. The van der Waals surface area contributed by atoms with Crippen molar-refractivity contribution < 1.29 is 17.0 Å². The Morgan fingerprint density at radius 2 is 1.95 bits per heavy atom. The smallest absolute Gasteiger partial charge is 0.333 e. The third kappa shape index (κ3) is 4.22. The summed E-state index contributed by atoms with van der Waals surface area (Å²) in [6.45, 7) is 3.71. The van der Waals surface area contributed by atoms with Gasteiger partial charge in [0, 0.05) is 40.5 Å². The molecule has 0 saturated carbocycles. The van der Waals surface area contributed by atoms with Crippen molar-refractivity contribution in [3.8, 4) is 22.9 Å². The van der Waals surface area contributed by atoms with Crippen LogP contribution in [0.2, 0.25) is 0 Å². The molecule has 1 saturated heterocycles.